The van der Waals surface area contributed by atoms with E-state index in [9.17, 15) is 0 Å². The van der Waals surface area contributed by atoms with Crippen LogP contribution in [0.5, 0.6) is 0 Å². The van der Waals surface area contributed by atoms with Crippen molar-refractivity contribution in [2.45, 2.75) is 64.2 Å². The zero-order valence-electron chi connectivity index (χ0n) is 12.4. The van der Waals surface area contributed by atoms with Gasteiger partial charge in [-0.25, -0.2) is 9.97 Å². The van der Waals surface area contributed by atoms with Crippen molar-refractivity contribution in [2.24, 2.45) is 0 Å². The number of hydrogen-bond donors (Lipinski definition) is 1. The van der Waals surface area contributed by atoms with E-state index in [1.54, 1.807) is 0 Å². The molecule has 1 N–H and O–H groups in total. The van der Waals surface area contributed by atoms with Crippen LogP contribution >= 0.6 is 22.6 Å². The highest BCUT2D eigenvalue weighted by Crippen LogP contribution is 2.35. The SMILES string of the molecule is CNc1nc(C2CCCCC2)nc(C(C)(C)C)c1I. The molecule has 0 saturated heterocycles. The molecule has 106 valence electrons. The zero-order chi connectivity index (χ0) is 14.0. The van der Waals surface area contributed by atoms with Gasteiger partial charge in [0.15, 0.2) is 0 Å². The van der Waals surface area contributed by atoms with Crippen molar-refractivity contribution >= 4 is 28.4 Å². The summed E-state index contributed by atoms with van der Waals surface area (Å²) in [6, 6.07) is 0. The Hall–Kier alpha value is -0.390. The van der Waals surface area contributed by atoms with Gasteiger partial charge in [0.2, 0.25) is 0 Å². The molecule has 0 atom stereocenters. The van der Waals surface area contributed by atoms with Crippen LogP contribution in [0.15, 0.2) is 0 Å². The van der Waals surface area contributed by atoms with Crippen molar-refractivity contribution in [3.63, 3.8) is 0 Å². The summed E-state index contributed by atoms with van der Waals surface area (Å²) >= 11 is 2.37. The summed E-state index contributed by atoms with van der Waals surface area (Å²) in [6.07, 6.45) is 6.49. The van der Waals surface area contributed by atoms with E-state index in [1.807, 2.05) is 7.05 Å². The first-order chi connectivity index (χ1) is 8.93. The summed E-state index contributed by atoms with van der Waals surface area (Å²) in [4.78, 5) is 9.68. The average molecular weight is 373 g/mol. The maximum Gasteiger partial charge on any atom is 0.143 e. The van der Waals surface area contributed by atoms with Crippen LogP contribution in [-0.4, -0.2) is 17.0 Å². The van der Waals surface area contributed by atoms with E-state index in [-0.39, 0.29) is 5.41 Å². The van der Waals surface area contributed by atoms with Gasteiger partial charge in [0.05, 0.1) is 9.26 Å². The standard InChI is InChI=1S/C15H24IN3/c1-15(2,3)12-11(16)14(17-4)19-13(18-12)10-8-6-5-7-9-10/h10H,5-9H2,1-4H3,(H,17,18,19). The minimum absolute atomic E-state index is 0.0640. The van der Waals surface area contributed by atoms with E-state index in [2.05, 4.69) is 48.7 Å². The summed E-state index contributed by atoms with van der Waals surface area (Å²) in [5.74, 6) is 2.59. The Kier molecular flexibility index (Phi) is 4.69. The monoisotopic (exact) mass is 373 g/mol. The molecular formula is C15H24IN3. The van der Waals surface area contributed by atoms with Gasteiger partial charge in [-0.15, -0.1) is 0 Å². The van der Waals surface area contributed by atoms with E-state index in [0.717, 1.165) is 15.2 Å². The van der Waals surface area contributed by atoms with Crippen molar-refractivity contribution in [3.05, 3.63) is 15.1 Å². The molecule has 0 unspecified atom stereocenters. The molecule has 1 saturated carbocycles. The Morgan fingerprint density at radius 1 is 1.11 bits per heavy atom. The Morgan fingerprint density at radius 2 is 1.74 bits per heavy atom. The summed E-state index contributed by atoms with van der Waals surface area (Å²) < 4.78 is 1.16. The number of nitrogens with zero attached hydrogens (tertiary/aromatic N) is 2. The predicted molar refractivity (Wildman–Crippen MR) is 88.8 cm³/mol. The molecule has 1 aliphatic carbocycles. The molecule has 1 aromatic rings. The van der Waals surface area contributed by atoms with E-state index >= 15 is 0 Å². The molecule has 1 aliphatic rings. The number of hydrogen-bond acceptors (Lipinski definition) is 3. The van der Waals surface area contributed by atoms with Gasteiger partial charge >= 0.3 is 0 Å². The fourth-order valence-electron chi connectivity index (χ4n) is 2.67. The molecule has 0 bridgehead atoms. The van der Waals surface area contributed by atoms with E-state index < -0.39 is 0 Å². The maximum absolute atomic E-state index is 4.92. The quantitative estimate of drug-likeness (QED) is 0.778. The van der Waals surface area contributed by atoms with Crippen LogP contribution in [0.4, 0.5) is 5.82 Å². The first-order valence-electron chi connectivity index (χ1n) is 7.19. The fourth-order valence-corrected chi connectivity index (χ4v) is 3.99. The number of halogens is 1. The van der Waals surface area contributed by atoms with Gasteiger partial charge in [-0.05, 0) is 35.4 Å². The summed E-state index contributed by atoms with van der Waals surface area (Å²) in [5, 5.41) is 3.23. The lowest BCUT2D eigenvalue weighted by Gasteiger charge is -2.25. The van der Waals surface area contributed by atoms with Gasteiger partial charge in [0, 0.05) is 18.4 Å². The minimum atomic E-state index is 0.0640. The smallest absolute Gasteiger partial charge is 0.143 e. The second-order valence-electron chi connectivity index (χ2n) is 6.43. The van der Waals surface area contributed by atoms with Gasteiger partial charge in [-0.2, -0.15) is 0 Å². The third kappa shape index (κ3) is 3.38. The molecule has 0 amide bonds. The van der Waals surface area contributed by atoms with Crippen LogP contribution in [0.3, 0.4) is 0 Å². The lowest BCUT2D eigenvalue weighted by Crippen LogP contribution is -2.21. The molecule has 0 aliphatic heterocycles. The third-order valence-electron chi connectivity index (χ3n) is 3.79. The Bertz CT molecular complexity index is 445. The van der Waals surface area contributed by atoms with E-state index in [4.69, 9.17) is 9.97 Å². The van der Waals surface area contributed by atoms with E-state index in [0.29, 0.717) is 5.92 Å². The van der Waals surface area contributed by atoms with Gasteiger partial charge in [0.1, 0.15) is 11.6 Å². The summed E-state index contributed by atoms with van der Waals surface area (Å²) in [6.45, 7) is 6.67. The highest BCUT2D eigenvalue weighted by Gasteiger charge is 2.26. The normalized spacial score (nSPS) is 17.5. The van der Waals surface area contributed by atoms with Gasteiger partial charge in [-0.3, -0.25) is 0 Å². The van der Waals surface area contributed by atoms with Crippen LogP contribution in [0.1, 0.15) is 70.3 Å². The third-order valence-corrected chi connectivity index (χ3v) is 4.81. The molecule has 1 aromatic heterocycles. The molecule has 3 nitrogen and oxygen atoms in total. The number of rotatable bonds is 2. The Morgan fingerprint density at radius 3 is 2.26 bits per heavy atom. The van der Waals surface area contributed by atoms with Crippen LogP contribution in [0.25, 0.3) is 0 Å². The van der Waals surface area contributed by atoms with Gasteiger partial charge < -0.3 is 5.32 Å². The number of anilines is 1. The largest absolute Gasteiger partial charge is 0.372 e. The van der Waals surface area contributed by atoms with Crippen LogP contribution < -0.4 is 5.32 Å². The molecule has 0 aromatic carbocycles. The highest BCUT2D eigenvalue weighted by atomic mass is 127. The average Bonchev–Trinajstić information content (AvgIpc) is 2.38. The van der Waals surface area contributed by atoms with E-state index in [1.165, 1.54) is 37.8 Å². The second-order valence-corrected chi connectivity index (χ2v) is 7.51. The zero-order valence-corrected chi connectivity index (χ0v) is 14.5. The summed E-state index contributed by atoms with van der Waals surface area (Å²) in [7, 11) is 1.95. The maximum atomic E-state index is 4.92. The second kappa shape index (κ2) is 5.94. The molecule has 0 radical (unpaired) electrons. The van der Waals surface area contributed by atoms with Crippen LogP contribution in [0.2, 0.25) is 0 Å². The van der Waals surface area contributed by atoms with Gasteiger partial charge in [-0.1, -0.05) is 40.0 Å². The summed E-state index contributed by atoms with van der Waals surface area (Å²) in [5.41, 5.74) is 1.24. The lowest BCUT2D eigenvalue weighted by atomic mass is 9.87. The topological polar surface area (TPSA) is 37.8 Å². The van der Waals surface area contributed by atoms with Crippen LogP contribution in [-0.2, 0) is 5.41 Å². The molecular weight excluding hydrogens is 349 g/mol. The molecule has 1 heterocycles. The minimum Gasteiger partial charge on any atom is -0.372 e. The molecule has 2 rings (SSSR count). The Labute approximate surface area is 130 Å². The first-order valence-corrected chi connectivity index (χ1v) is 8.27. The van der Waals surface area contributed by atoms with Crippen molar-refractivity contribution in [3.8, 4) is 0 Å². The molecule has 1 fully saturated rings. The molecule has 4 heteroatoms. The predicted octanol–water partition coefficient (Wildman–Crippen LogP) is 4.47. The molecule has 0 spiro atoms. The van der Waals surface area contributed by atoms with Crippen molar-refractivity contribution < 1.29 is 0 Å². The molecule has 19 heavy (non-hydrogen) atoms. The first kappa shape index (κ1) is 15.0. The number of nitrogens with one attached hydrogen (secondary N) is 1. The van der Waals surface area contributed by atoms with Crippen molar-refractivity contribution in [1.82, 2.24) is 9.97 Å². The van der Waals surface area contributed by atoms with Crippen LogP contribution in [0, 0.1) is 3.57 Å². The van der Waals surface area contributed by atoms with Crippen molar-refractivity contribution in [1.29, 1.82) is 0 Å². The number of aromatic nitrogens is 2. The fraction of sp³-hybridized carbons (Fsp3) is 0.733. The van der Waals surface area contributed by atoms with Crippen molar-refractivity contribution in [2.75, 3.05) is 12.4 Å². The highest BCUT2D eigenvalue weighted by molar-refractivity contribution is 14.1. The van der Waals surface area contributed by atoms with Gasteiger partial charge in [0.25, 0.3) is 0 Å². The lowest BCUT2D eigenvalue weighted by molar-refractivity contribution is 0.424. The Balaban J connectivity index is 2.44.